The van der Waals surface area contributed by atoms with Crippen LogP contribution in [0.3, 0.4) is 0 Å². The van der Waals surface area contributed by atoms with Crippen molar-refractivity contribution in [2.45, 2.75) is 25.0 Å². The zero-order valence-corrected chi connectivity index (χ0v) is 22.2. The summed E-state index contributed by atoms with van der Waals surface area (Å²) in [5.74, 6) is -1.19. The van der Waals surface area contributed by atoms with E-state index in [-0.39, 0.29) is 41.1 Å². The van der Waals surface area contributed by atoms with Gasteiger partial charge in [-0.1, -0.05) is 48.0 Å². The fourth-order valence-corrected chi connectivity index (χ4v) is 4.63. The Morgan fingerprint density at radius 2 is 1.65 bits per heavy atom. The number of benzene rings is 3. The Balaban J connectivity index is 1.46. The Morgan fingerprint density at radius 3 is 2.33 bits per heavy atom. The molecule has 12 heteroatoms. The average molecular weight is 566 g/mol. The van der Waals surface area contributed by atoms with E-state index in [4.69, 9.17) is 15.2 Å². The fraction of sp³-hybridized carbons (Fsp3) is 0.107. The lowest BCUT2D eigenvalue weighted by Crippen LogP contribution is -2.43. The van der Waals surface area contributed by atoms with Crippen LogP contribution >= 0.6 is 0 Å². The number of ether oxygens (including phenoxy) is 2. The van der Waals surface area contributed by atoms with Gasteiger partial charge in [0, 0.05) is 12.1 Å². The van der Waals surface area contributed by atoms with Gasteiger partial charge in [0.25, 0.3) is 11.7 Å². The van der Waals surface area contributed by atoms with Gasteiger partial charge >= 0.3 is 16.1 Å². The van der Waals surface area contributed by atoms with Crippen molar-refractivity contribution in [3.8, 4) is 11.5 Å². The first-order valence-electron chi connectivity index (χ1n) is 12.0. The van der Waals surface area contributed by atoms with Gasteiger partial charge in [-0.3, -0.25) is 10.1 Å². The molecule has 0 saturated heterocycles. The molecule has 4 aromatic rings. The quantitative estimate of drug-likeness (QED) is 0.246. The summed E-state index contributed by atoms with van der Waals surface area (Å²) in [7, 11) is -3.96. The van der Waals surface area contributed by atoms with Crippen molar-refractivity contribution >= 4 is 33.5 Å². The number of carbonyl (C=O) groups excluding carboxylic acids is 2. The zero-order valence-electron chi connectivity index (χ0n) is 21.3. The normalized spacial score (nSPS) is 10.9. The molecule has 40 heavy (non-hydrogen) atoms. The van der Waals surface area contributed by atoms with Crippen molar-refractivity contribution in [1.29, 1.82) is 0 Å². The number of sulfonamides is 1. The third-order valence-electron chi connectivity index (χ3n) is 5.52. The molecule has 0 aliphatic carbocycles. The van der Waals surface area contributed by atoms with Crippen LogP contribution in [0.2, 0.25) is 0 Å². The Bertz CT molecular complexity index is 1630. The van der Waals surface area contributed by atoms with Crippen LogP contribution in [0.5, 0.6) is 11.5 Å². The number of amides is 2. The van der Waals surface area contributed by atoms with Gasteiger partial charge in [0.2, 0.25) is 0 Å². The second kappa shape index (κ2) is 12.3. The molecule has 0 aliphatic rings. The summed E-state index contributed by atoms with van der Waals surface area (Å²) in [6.45, 7) is 1.50. The van der Waals surface area contributed by atoms with E-state index in [2.05, 4.69) is 10.0 Å². The molecule has 0 aliphatic heterocycles. The maximum absolute atomic E-state index is 14.7. The highest BCUT2D eigenvalue weighted by Crippen LogP contribution is 2.26. The smallest absolute Gasteiger partial charge is 0.412 e. The van der Waals surface area contributed by atoms with E-state index in [1.807, 2.05) is 25.1 Å². The Kier molecular flexibility index (Phi) is 8.60. The van der Waals surface area contributed by atoms with Crippen molar-refractivity contribution in [1.82, 2.24) is 0 Å². The fourth-order valence-electron chi connectivity index (χ4n) is 3.55. The van der Waals surface area contributed by atoms with Crippen molar-refractivity contribution in [2.24, 2.45) is 5.73 Å². The standard InChI is InChI=1S/C28H25FN4O6S/c1-19-7-11-23(12-8-19)40(36,37)32-27-14-10-22(16-33(27)17-26(30)34)39-21-9-13-25(24(29)15-21)31-28(35)38-18-20-5-3-2-4-6-20/h2-16H,17-18H2,1H3,(H3,30,31,34,35)/p+1. The van der Waals surface area contributed by atoms with Gasteiger partial charge in [0.05, 0.1) is 5.69 Å². The lowest BCUT2D eigenvalue weighted by molar-refractivity contribution is -0.670. The first kappa shape index (κ1) is 28.0. The molecular formula is C28H26FN4O6S+. The molecule has 0 radical (unpaired) electrons. The second-order valence-corrected chi connectivity index (χ2v) is 10.4. The number of primary amides is 1. The Morgan fingerprint density at radius 1 is 0.950 bits per heavy atom. The van der Waals surface area contributed by atoms with Gasteiger partial charge in [-0.15, -0.1) is 0 Å². The molecule has 4 rings (SSSR count). The number of hydrogen-bond donors (Lipinski definition) is 3. The third-order valence-corrected chi connectivity index (χ3v) is 6.89. The maximum Gasteiger partial charge on any atom is 0.412 e. The molecule has 206 valence electrons. The molecule has 0 fully saturated rings. The molecule has 1 heterocycles. The highest BCUT2D eigenvalue weighted by Gasteiger charge is 2.24. The summed E-state index contributed by atoms with van der Waals surface area (Å²) in [6, 6.07) is 21.9. The minimum atomic E-state index is -3.96. The number of carbonyl (C=O) groups is 2. The van der Waals surface area contributed by atoms with E-state index >= 15 is 0 Å². The van der Waals surface area contributed by atoms with Crippen LogP contribution in [0, 0.1) is 12.7 Å². The molecule has 0 atom stereocenters. The minimum absolute atomic E-state index is 0.0258. The van der Waals surface area contributed by atoms with Crippen molar-refractivity contribution in [3.05, 3.63) is 108 Å². The maximum atomic E-state index is 14.7. The molecule has 0 unspecified atom stereocenters. The number of rotatable bonds is 10. The number of nitrogens with one attached hydrogen (secondary N) is 2. The van der Waals surface area contributed by atoms with E-state index in [1.54, 1.807) is 24.3 Å². The highest BCUT2D eigenvalue weighted by molar-refractivity contribution is 7.92. The number of hydrogen-bond acceptors (Lipinski definition) is 6. The average Bonchev–Trinajstić information content (AvgIpc) is 2.91. The highest BCUT2D eigenvalue weighted by atomic mass is 32.2. The first-order valence-corrected chi connectivity index (χ1v) is 13.4. The van der Waals surface area contributed by atoms with E-state index in [0.29, 0.717) is 0 Å². The van der Waals surface area contributed by atoms with Crippen molar-refractivity contribution in [2.75, 3.05) is 10.0 Å². The van der Waals surface area contributed by atoms with Crippen LogP contribution < -0.4 is 25.1 Å². The summed E-state index contributed by atoms with van der Waals surface area (Å²) in [6.07, 6.45) is 0.524. The predicted octanol–water partition coefficient (Wildman–Crippen LogP) is 4.25. The number of aromatic nitrogens is 1. The molecule has 10 nitrogen and oxygen atoms in total. The number of nitrogens with two attached hydrogens (primary N) is 1. The van der Waals surface area contributed by atoms with E-state index < -0.39 is 27.8 Å². The van der Waals surface area contributed by atoms with Gasteiger partial charge < -0.3 is 15.2 Å². The number of anilines is 2. The van der Waals surface area contributed by atoms with Crippen LogP contribution in [-0.2, 0) is 32.7 Å². The molecular weight excluding hydrogens is 539 g/mol. The molecule has 0 spiro atoms. The molecule has 3 aromatic carbocycles. The van der Waals surface area contributed by atoms with E-state index in [9.17, 15) is 22.4 Å². The van der Waals surface area contributed by atoms with Crippen molar-refractivity contribution in [3.63, 3.8) is 0 Å². The van der Waals surface area contributed by atoms with Gasteiger partial charge in [-0.25, -0.2) is 13.8 Å². The summed E-state index contributed by atoms with van der Waals surface area (Å²) < 4.78 is 54.8. The third kappa shape index (κ3) is 7.54. The summed E-state index contributed by atoms with van der Waals surface area (Å²) >= 11 is 0. The minimum Gasteiger partial charge on any atom is -0.453 e. The molecule has 0 bridgehead atoms. The summed E-state index contributed by atoms with van der Waals surface area (Å²) in [4.78, 5) is 23.7. The number of nitrogens with zero attached hydrogens (tertiary/aromatic N) is 1. The SMILES string of the molecule is Cc1ccc(S(=O)(=O)Nc2ccc(Oc3ccc(NC(=O)OCc4ccccc4)c(F)c3)c[n+]2CC(N)=O)cc1. The Hall–Kier alpha value is -4.97. The number of pyridine rings is 1. The molecule has 0 saturated carbocycles. The number of aryl methyl sites for hydroxylation is 1. The van der Waals surface area contributed by atoms with Crippen LogP contribution in [0.25, 0.3) is 0 Å². The monoisotopic (exact) mass is 565 g/mol. The summed E-state index contributed by atoms with van der Waals surface area (Å²) in [5, 5.41) is 2.34. The first-order chi connectivity index (χ1) is 19.1. The summed E-state index contributed by atoms with van der Waals surface area (Å²) in [5.41, 5.74) is 6.91. The van der Waals surface area contributed by atoms with Gasteiger partial charge in [0.1, 0.15) is 23.4 Å². The Labute approximate surface area is 230 Å². The van der Waals surface area contributed by atoms with Crippen molar-refractivity contribution < 1.29 is 36.4 Å². The van der Waals surface area contributed by atoms with Crippen LogP contribution in [0.4, 0.5) is 20.7 Å². The second-order valence-electron chi connectivity index (χ2n) is 8.69. The van der Waals surface area contributed by atoms with E-state index in [1.165, 1.54) is 47.2 Å². The van der Waals surface area contributed by atoms with E-state index in [0.717, 1.165) is 17.2 Å². The lowest BCUT2D eigenvalue weighted by Gasteiger charge is -2.11. The van der Waals surface area contributed by atoms with Crippen LogP contribution in [-0.4, -0.2) is 20.4 Å². The van der Waals surface area contributed by atoms with Gasteiger partial charge in [0.15, 0.2) is 18.1 Å². The number of halogens is 1. The molecule has 1 aromatic heterocycles. The van der Waals surface area contributed by atoms with Crippen LogP contribution in [0.1, 0.15) is 11.1 Å². The van der Waals surface area contributed by atoms with Gasteiger partial charge in [-0.2, -0.15) is 13.1 Å². The molecule has 2 amide bonds. The van der Waals surface area contributed by atoms with Gasteiger partial charge in [-0.05, 0) is 42.8 Å². The predicted molar refractivity (Wildman–Crippen MR) is 145 cm³/mol. The topological polar surface area (TPSA) is 141 Å². The zero-order chi connectivity index (χ0) is 28.7. The van der Waals surface area contributed by atoms with Crippen LogP contribution in [0.15, 0.2) is 96.0 Å². The lowest BCUT2D eigenvalue weighted by atomic mass is 10.2. The largest absolute Gasteiger partial charge is 0.453 e. The molecule has 4 N–H and O–H groups in total.